The van der Waals surface area contributed by atoms with Crippen molar-refractivity contribution in [2.24, 2.45) is 0 Å². The van der Waals surface area contributed by atoms with Crippen LogP contribution in [0.2, 0.25) is 0 Å². The molecule has 0 fully saturated rings. The Balaban J connectivity index is 3.58. The number of carboxylic acids is 1. The fourth-order valence-corrected chi connectivity index (χ4v) is 5.14. The molecule has 0 spiro atoms. The topological polar surface area (TPSA) is 154 Å². The zero-order valence-corrected chi connectivity index (χ0v) is 26.5. The number of carboxylic acid groups (broad SMARTS) is 1. The first-order valence-electron chi connectivity index (χ1n) is 16.0. The van der Waals surface area contributed by atoms with Gasteiger partial charge in [0.15, 0.2) is 8.38 Å². The number of ether oxygens (including phenoxy) is 2. The molecule has 2 amide bonds. The third-order valence-corrected chi connectivity index (χ3v) is 7.89. The fraction of sp³-hybridized carbons (Fsp3) is 0.900. The standard InChI is InChI=1S/C30H59N2O8P/c1-2-39-25-26-40-24-23-31-27(33)21-22-29(41(37)38)32-28(34)19-17-15-13-11-9-7-5-3-4-6-8-10-12-14-16-18-20-30(35)36/h29,37-38H,2-26H2,1H3,(H,31,33)(H,32,34)(H,35,36). The minimum absolute atomic E-state index is 0.0986. The van der Waals surface area contributed by atoms with Crippen molar-refractivity contribution >= 4 is 26.2 Å². The van der Waals surface area contributed by atoms with Crippen molar-refractivity contribution in [2.75, 3.05) is 33.0 Å². The quantitative estimate of drug-likeness (QED) is 0.0491. The van der Waals surface area contributed by atoms with E-state index in [9.17, 15) is 24.2 Å². The summed E-state index contributed by atoms with van der Waals surface area (Å²) in [6, 6.07) is 0. The lowest BCUT2D eigenvalue weighted by molar-refractivity contribution is -0.137. The Labute approximate surface area is 249 Å². The summed E-state index contributed by atoms with van der Waals surface area (Å²) >= 11 is 0. The first-order chi connectivity index (χ1) is 19.9. The Morgan fingerprint density at radius 2 is 1.10 bits per heavy atom. The van der Waals surface area contributed by atoms with Gasteiger partial charge >= 0.3 is 5.97 Å². The Morgan fingerprint density at radius 1 is 0.634 bits per heavy atom. The molecule has 242 valence electrons. The number of amides is 2. The molecule has 0 aromatic heterocycles. The average Bonchev–Trinajstić information content (AvgIpc) is 2.93. The van der Waals surface area contributed by atoms with Crippen LogP contribution in [-0.4, -0.2) is 71.4 Å². The summed E-state index contributed by atoms with van der Waals surface area (Å²) in [5, 5.41) is 14.0. The van der Waals surface area contributed by atoms with E-state index in [-0.39, 0.29) is 24.7 Å². The molecule has 10 nitrogen and oxygen atoms in total. The number of rotatable bonds is 31. The summed E-state index contributed by atoms with van der Waals surface area (Å²) in [7, 11) is -2.36. The third kappa shape index (κ3) is 30.0. The van der Waals surface area contributed by atoms with Crippen LogP contribution >= 0.6 is 8.38 Å². The highest BCUT2D eigenvalue weighted by Gasteiger charge is 2.21. The van der Waals surface area contributed by atoms with E-state index in [0.717, 1.165) is 38.5 Å². The number of unbranched alkanes of at least 4 members (excludes halogenated alkanes) is 15. The normalized spacial score (nSPS) is 12.0. The van der Waals surface area contributed by atoms with Gasteiger partial charge in [0.1, 0.15) is 0 Å². The van der Waals surface area contributed by atoms with Crippen molar-refractivity contribution in [2.45, 2.75) is 141 Å². The molecule has 0 rings (SSSR count). The molecule has 0 saturated heterocycles. The molecule has 11 heteroatoms. The van der Waals surface area contributed by atoms with E-state index in [4.69, 9.17) is 14.6 Å². The number of carbonyl (C=O) groups excluding carboxylic acids is 2. The van der Waals surface area contributed by atoms with Crippen LogP contribution in [0.5, 0.6) is 0 Å². The van der Waals surface area contributed by atoms with Gasteiger partial charge in [-0.2, -0.15) is 0 Å². The number of carbonyl (C=O) groups is 3. The maximum atomic E-state index is 12.2. The maximum Gasteiger partial charge on any atom is 0.303 e. The Kier molecular flexibility index (Phi) is 29.2. The van der Waals surface area contributed by atoms with Gasteiger partial charge in [0, 0.05) is 32.4 Å². The minimum Gasteiger partial charge on any atom is -0.481 e. The number of hydrogen-bond acceptors (Lipinski definition) is 7. The number of hydrogen-bond donors (Lipinski definition) is 5. The molecular weight excluding hydrogens is 547 g/mol. The molecule has 0 saturated carbocycles. The van der Waals surface area contributed by atoms with Crippen LogP contribution in [0.1, 0.15) is 135 Å². The van der Waals surface area contributed by atoms with E-state index in [1.54, 1.807) is 0 Å². The molecule has 1 unspecified atom stereocenters. The van der Waals surface area contributed by atoms with E-state index >= 15 is 0 Å². The second-order valence-electron chi connectivity index (χ2n) is 10.7. The lowest BCUT2D eigenvalue weighted by Gasteiger charge is -2.19. The van der Waals surface area contributed by atoms with Gasteiger partial charge < -0.3 is 35.0 Å². The molecule has 0 aromatic carbocycles. The molecule has 0 aliphatic carbocycles. The summed E-state index contributed by atoms with van der Waals surface area (Å²) in [5.74, 6) is -1.91. The third-order valence-electron chi connectivity index (χ3n) is 6.94. The second-order valence-corrected chi connectivity index (χ2v) is 11.9. The minimum atomic E-state index is -2.36. The van der Waals surface area contributed by atoms with E-state index in [0.29, 0.717) is 45.8 Å². The van der Waals surface area contributed by atoms with Crippen LogP contribution in [0, 0.1) is 0 Å². The van der Waals surface area contributed by atoms with Gasteiger partial charge in [0.05, 0.1) is 25.6 Å². The van der Waals surface area contributed by atoms with E-state index < -0.39 is 20.1 Å². The monoisotopic (exact) mass is 606 g/mol. The predicted octanol–water partition coefficient (Wildman–Crippen LogP) is 5.78. The first-order valence-corrected chi connectivity index (χ1v) is 17.3. The van der Waals surface area contributed by atoms with Gasteiger partial charge in [-0.15, -0.1) is 0 Å². The summed E-state index contributed by atoms with van der Waals surface area (Å²) in [4.78, 5) is 54.0. The largest absolute Gasteiger partial charge is 0.481 e. The lowest BCUT2D eigenvalue weighted by atomic mass is 10.0. The van der Waals surface area contributed by atoms with Crippen LogP contribution in [-0.2, 0) is 23.9 Å². The zero-order chi connectivity index (χ0) is 30.4. The summed E-state index contributed by atoms with van der Waals surface area (Å²) in [6.45, 7) is 4.30. The molecule has 0 aliphatic rings. The van der Waals surface area contributed by atoms with E-state index in [2.05, 4.69) is 10.6 Å². The molecule has 5 N–H and O–H groups in total. The van der Waals surface area contributed by atoms with Crippen LogP contribution in [0.25, 0.3) is 0 Å². The van der Waals surface area contributed by atoms with Gasteiger partial charge in [-0.3, -0.25) is 14.4 Å². The average molecular weight is 607 g/mol. The van der Waals surface area contributed by atoms with Crippen molar-refractivity contribution in [1.29, 1.82) is 0 Å². The van der Waals surface area contributed by atoms with Crippen LogP contribution in [0.4, 0.5) is 0 Å². The van der Waals surface area contributed by atoms with Crippen molar-refractivity contribution in [3.8, 4) is 0 Å². The highest BCUT2D eigenvalue weighted by atomic mass is 31.2. The van der Waals surface area contributed by atoms with Crippen LogP contribution < -0.4 is 10.6 Å². The van der Waals surface area contributed by atoms with Gasteiger partial charge in [-0.05, 0) is 26.2 Å². The Hall–Kier alpha value is -1.32. The fourth-order valence-electron chi connectivity index (χ4n) is 4.52. The molecule has 0 aliphatic heterocycles. The number of nitrogens with one attached hydrogen (secondary N) is 2. The summed E-state index contributed by atoms with van der Waals surface area (Å²) in [5.41, 5.74) is 0. The van der Waals surface area contributed by atoms with E-state index in [1.807, 2.05) is 6.92 Å². The molecule has 0 bridgehead atoms. The number of aliphatic carboxylic acids is 1. The van der Waals surface area contributed by atoms with Crippen molar-refractivity contribution < 1.29 is 38.8 Å². The van der Waals surface area contributed by atoms with E-state index in [1.165, 1.54) is 64.2 Å². The van der Waals surface area contributed by atoms with Gasteiger partial charge in [0.2, 0.25) is 11.8 Å². The van der Waals surface area contributed by atoms with Gasteiger partial charge in [-0.1, -0.05) is 89.9 Å². The molecule has 0 heterocycles. The molecular formula is C30H59N2O8P. The summed E-state index contributed by atoms with van der Waals surface area (Å²) in [6.07, 6.45) is 19.4. The van der Waals surface area contributed by atoms with Crippen molar-refractivity contribution in [3.63, 3.8) is 0 Å². The smallest absolute Gasteiger partial charge is 0.303 e. The zero-order valence-electron chi connectivity index (χ0n) is 25.6. The second kappa shape index (κ2) is 30.1. The molecule has 0 aromatic rings. The molecule has 41 heavy (non-hydrogen) atoms. The summed E-state index contributed by atoms with van der Waals surface area (Å²) < 4.78 is 10.5. The lowest BCUT2D eigenvalue weighted by Crippen LogP contribution is -2.35. The SMILES string of the molecule is CCOCCOCCNC(=O)CCC(NC(=O)CCCCCCCCCCCCCCCCCCC(=O)O)P(O)O. The highest BCUT2D eigenvalue weighted by Crippen LogP contribution is 2.32. The Bertz CT molecular complexity index is 640. The highest BCUT2D eigenvalue weighted by molar-refractivity contribution is 7.45. The van der Waals surface area contributed by atoms with Crippen molar-refractivity contribution in [3.05, 3.63) is 0 Å². The Morgan fingerprint density at radius 3 is 1.56 bits per heavy atom. The molecule has 1 atom stereocenters. The molecule has 0 radical (unpaired) electrons. The van der Waals surface area contributed by atoms with Crippen molar-refractivity contribution in [1.82, 2.24) is 10.6 Å². The van der Waals surface area contributed by atoms with Crippen LogP contribution in [0.3, 0.4) is 0 Å². The predicted molar refractivity (Wildman–Crippen MR) is 164 cm³/mol. The first kappa shape index (κ1) is 39.7. The maximum absolute atomic E-state index is 12.2. The van der Waals surface area contributed by atoms with Gasteiger partial charge in [0.25, 0.3) is 0 Å². The van der Waals surface area contributed by atoms with Crippen LogP contribution in [0.15, 0.2) is 0 Å². The van der Waals surface area contributed by atoms with Gasteiger partial charge in [-0.25, -0.2) is 0 Å².